The van der Waals surface area contributed by atoms with E-state index in [1.807, 2.05) is 0 Å². The van der Waals surface area contributed by atoms with E-state index in [-0.39, 0.29) is 19.6 Å². The van der Waals surface area contributed by atoms with Gasteiger partial charge in [0.25, 0.3) is 0 Å². The Morgan fingerprint density at radius 1 is 1.53 bits per heavy atom. The van der Waals surface area contributed by atoms with Crippen molar-refractivity contribution in [1.29, 1.82) is 0 Å². The fraction of sp³-hybridized carbons (Fsp3) is 0.875. The average molecular weight is 227 g/mol. The lowest BCUT2D eigenvalue weighted by atomic mass is 10.2. The number of hydrogen-bond acceptors (Lipinski definition) is 4. The summed E-state index contributed by atoms with van der Waals surface area (Å²) in [6, 6.07) is -0.876. The molecule has 0 bridgehead atoms. The summed E-state index contributed by atoms with van der Waals surface area (Å²) in [7, 11) is 0. The summed E-state index contributed by atoms with van der Waals surface area (Å²) in [5.74, 6) is -0.646. The van der Waals surface area contributed by atoms with E-state index in [0.717, 1.165) is 4.90 Å². The first-order valence-electron chi connectivity index (χ1n) is 4.52. The molecule has 1 fully saturated rings. The number of halogens is 3. The van der Waals surface area contributed by atoms with Crippen molar-refractivity contribution in [3.8, 4) is 0 Å². The van der Waals surface area contributed by atoms with Crippen LogP contribution in [0.4, 0.5) is 13.2 Å². The molecule has 15 heavy (non-hydrogen) atoms. The van der Waals surface area contributed by atoms with Crippen molar-refractivity contribution in [1.82, 2.24) is 4.90 Å². The van der Waals surface area contributed by atoms with Crippen LogP contribution in [-0.4, -0.2) is 54.5 Å². The third-order valence-corrected chi connectivity index (χ3v) is 2.12. The Morgan fingerprint density at radius 3 is 2.60 bits per heavy atom. The molecule has 0 aromatic rings. The van der Waals surface area contributed by atoms with E-state index in [9.17, 15) is 18.0 Å². The summed E-state index contributed by atoms with van der Waals surface area (Å²) in [4.78, 5) is 12.0. The van der Waals surface area contributed by atoms with Gasteiger partial charge in [-0.05, 0) is 0 Å². The van der Waals surface area contributed by atoms with Crippen LogP contribution in [0.1, 0.15) is 6.42 Å². The number of aliphatic hydroxyl groups excluding tert-OH is 1. The number of ether oxygens (including phenoxy) is 1. The third kappa shape index (κ3) is 3.67. The Bertz CT molecular complexity index is 232. The fourth-order valence-electron chi connectivity index (χ4n) is 1.52. The van der Waals surface area contributed by atoms with Gasteiger partial charge in [0, 0.05) is 13.0 Å². The zero-order chi connectivity index (χ0) is 11.5. The molecule has 1 atom stereocenters. The highest BCUT2D eigenvalue weighted by Crippen LogP contribution is 2.21. The van der Waals surface area contributed by atoms with Crippen LogP contribution >= 0.6 is 0 Å². The molecule has 0 amide bonds. The van der Waals surface area contributed by atoms with E-state index in [4.69, 9.17) is 5.11 Å². The molecule has 1 N–H and O–H groups in total. The molecule has 0 spiro atoms. The first-order valence-corrected chi connectivity index (χ1v) is 4.52. The maximum atomic E-state index is 12.1. The normalized spacial score (nSPS) is 22.2. The van der Waals surface area contributed by atoms with Crippen LogP contribution < -0.4 is 0 Å². The molecule has 88 valence electrons. The van der Waals surface area contributed by atoms with Gasteiger partial charge in [0.05, 0.1) is 19.8 Å². The topological polar surface area (TPSA) is 49.8 Å². The van der Waals surface area contributed by atoms with Crippen LogP contribution in [-0.2, 0) is 9.53 Å². The lowest BCUT2D eigenvalue weighted by molar-refractivity contribution is -0.159. The summed E-state index contributed by atoms with van der Waals surface area (Å²) >= 11 is 0. The number of cyclic esters (lactones) is 1. The lowest BCUT2D eigenvalue weighted by Gasteiger charge is -2.26. The first-order chi connectivity index (χ1) is 6.94. The Labute approximate surface area is 84.6 Å². The summed E-state index contributed by atoms with van der Waals surface area (Å²) in [6.45, 7) is -1.66. The van der Waals surface area contributed by atoms with Crippen molar-refractivity contribution in [3.63, 3.8) is 0 Å². The molecule has 4 nitrogen and oxygen atoms in total. The van der Waals surface area contributed by atoms with Gasteiger partial charge in [-0.3, -0.25) is 9.69 Å². The van der Waals surface area contributed by atoms with Gasteiger partial charge in [-0.2, -0.15) is 13.2 Å². The summed E-state index contributed by atoms with van der Waals surface area (Å²) < 4.78 is 41.0. The van der Waals surface area contributed by atoms with Crippen LogP contribution in [0.3, 0.4) is 0 Å². The molecule has 0 aromatic heterocycles. The molecule has 1 heterocycles. The van der Waals surface area contributed by atoms with Crippen molar-refractivity contribution in [2.75, 3.05) is 26.3 Å². The van der Waals surface area contributed by atoms with E-state index >= 15 is 0 Å². The second-order valence-corrected chi connectivity index (χ2v) is 3.28. The van der Waals surface area contributed by atoms with Gasteiger partial charge in [-0.25, -0.2) is 0 Å². The maximum absolute atomic E-state index is 12.1. The summed E-state index contributed by atoms with van der Waals surface area (Å²) in [6.07, 6.45) is -4.13. The van der Waals surface area contributed by atoms with Gasteiger partial charge < -0.3 is 9.84 Å². The average Bonchev–Trinajstić information content (AvgIpc) is 2.48. The molecule has 1 aliphatic heterocycles. The quantitative estimate of drug-likeness (QED) is 0.695. The number of carbonyl (C=O) groups is 1. The second kappa shape index (κ2) is 4.80. The van der Waals surface area contributed by atoms with Crippen LogP contribution in [0, 0.1) is 0 Å². The Hall–Kier alpha value is -0.820. The van der Waals surface area contributed by atoms with E-state index < -0.39 is 31.3 Å². The highest BCUT2D eigenvalue weighted by molar-refractivity contribution is 5.77. The van der Waals surface area contributed by atoms with E-state index in [0.29, 0.717) is 0 Å². The van der Waals surface area contributed by atoms with Gasteiger partial charge in [-0.1, -0.05) is 0 Å². The number of esters is 1. The molecule has 1 rings (SSSR count). The molecule has 0 aromatic carbocycles. The molecule has 0 saturated carbocycles. The number of carbonyl (C=O) groups excluding carboxylic acids is 1. The minimum atomic E-state index is -4.38. The van der Waals surface area contributed by atoms with Crippen molar-refractivity contribution >= 4 is 5.97 Å². The zero-order valence-electron chi connectivity index (χ0n) is 7.96. The van der Waals surface area contributed by atoms with Crippen molar-refractivity contribution < 1.29 is 27.8 Å². The van der Waals surface area contributed by atoms with E-state index in [1.165, 1.54) is 0 Å². The minimum absolute atomic E-state index is 0.142. The second-order valence-electron chi connectivity index (χ2n) is 3.28. The van der Waals surface area contributed by atoms with Crippen molar-refractivity contribution in [2.45, 2.75) is 18.6 Å². The van der Waals surface area contributed by atoms with Crippen LogP contribution in [0.2, 0.25) is 0 Å². The zero-order valence-corrected chi connectivity index (χ0v) is 7.96. The van der Waals surface area contributed by atoms with Crippen LogP contribution in [0.25, 0.3) is 0 Å². The maximum Gasteiger partial charge on any atom is 0.401 e. The lowest BCUT2D eigenvalue weighted by Crippen LogP contribution is -2.45. The standard InChI is InChI=1S/C8H12F3NO3/c9-8(10,11)5-12(2-3-13)6-1-4-15-7(6)14/h6,13H,1-5H2. The highest BCUT2D eigenvalue weighted by atomic mass is 19.4. The molecule has 1 saturated heterocycles. The largest absolute Gasteiger partial charge is 0.464 e. The SMILES string of the molecule is O=C1OCCC1N(CCO)CC(F)(F)F. The molecule has 0 aliphatic carbocycles. The molecule has 1 unspecified atom stereocenters. The van der Waals surface area contributed by atoms with Crippen LogP contribution in [0.15, 0.2) is 0 Å². The van der Waals surface area contributed by atoms with Crippen molar-refractivity contribution in [3.05, 3.63) is 0 Å². The highest BCUT2D eigenvalue weighted by Gasteiger charge is 2.38. The number of rotatable bonds is 4. The van der Waals surface area contributed by atoms with Gasteiger partial charge in [0.15, 0.2) is 0 Å². The Kier molecular flexibility index (Phi) is 3.92. The molecular formula is C8H12F3NO3. The summed E-state index contributed by atoms with van der Waals surface area (Å²) in [5, 5.41) is 8.62. The molecule has 7 heteroatoms. The van der Waals surface area contributed by atoms with Crippen molar-refractivity contribution in [2.24, 2.45) is 0 Å². The monoisotopic (exact) mass is 227 g/mol. The summed E-state index contributed by atoms with van der Waals surface area (Å²) in [5.41, 5.74) is 0. The van der Waals surface area contributed by atoms with Gasteiger partial charge in [0.1, 0.15) is 6.04 Å². The predicted octanol–water partition coefficient (Wildman–Crippen LogP) is 0.159. The van der Waals surface area contributed by atoms with Gasteiger partial charge in [-0.15, -0.1) is 0 Å². The predicted molar refractivity (Wildman–Crippen MR) is 44.1 cm³/mol. The van der Waals surface area contributed by atoms with Gasteiger partial charge in [0.2, 0.25) is 0 Å². The van der Waals surface area contributed by atoms with Gasteiger partial charge >= 0.3 is 12.1 Å². The Balaban J connectivity index is 2.60. The van der Waals surface area contributed by atoms with Crippen LogP contribution in [0.5, 0.6) is 0 Å². The number of hydrogen-bond donors (Lipinski definition) is 1. The Morgan fingerprint density at radius 2 is 2.20 bits per heavy atom. The number of nitrogens with zero attached hydrogens (tertiary/aromatic N) is 1. The fourth-order valence-corrected chi connectivity index (χ4v) is 1.52. The first kappa shape index (κ1) is 12.3. The molecule has 1 aliphatic rings. The molecule has 0 radical (unpaired) electrons. The smallest absolute Gasteiger partial charge is 0.401 e. The number of alkyl halides is 3. The van der Waals surface area contributed by atoms with E-state index in [1.54, 1.807) is 0 Å². The molecular weight excluding hydrogens is 215 g/mol. The number of aliphatic hydroxyl groups is 1. The third-order valence-electron chi connectivity index (χ3n) is 2.12. The minimum Gasteiger partial charge on any atom is -0.464 e. The van der Waals surface area contributed by atoms with E-state index in [2.05, 4.69) is 4.74 Å².